The van der Waals surface area contributed by atoms with Crippen molar-refractivity contribution in [2.75, 3.05) is 20.1 Å². The lowest BCUT2D eigenvalue weighted by molar-refractivity contribution is 0.324. The van der Waals surface area contributed by atoms with Gasteiger partial charge >= 0.3 is 0 Å². The van der Waals surface area contributed by atoms with Gasteiger partial charge in [-0.3, -0.25) is 0 Å². The Hall–Kier alpha value is -0.790. The lowest BCUT2D eigenvalue weighted by Gasteiger charge is -2.24. The van der Waals surface area contributed by atoms with Crippen LogP contribution < -0.4 is 0 Å². The van der Waals surface area contributed by atoms with Crippen molar-refractivity contribution in [1.29, 1.82) is 0 Å². The number of likely N-dealkylation sites (tertiary alicyclic amines) is 1. The van der Waals surface area contributed by atoms with Crippen LogP contribution in [0.3, 0.4) is 0 Å². The quantitative estimate of drug-likeness (QED) is 0.707. The molecule has 0 spiro atoms. The number of hydrogen-bond donors (Lipinski definition) is 0. The Bertz CT molecular complexity index is 319. The molecular formula is C13H18ClN. The van der Waals surface area contributed by atoms with E-state index in [-0.39, 0.29) is 12.4 Å². The maximum Gasteiger partial charge on any atom is 0.0193 e. The Morgan fingerprint density at radius 3 is 2.60 bits per heavy atom. The molecule has 0 aliphatic carbocycles. The molecule has 1 aliphatic heterocycles. The van der Waals surface area contributed by atoms with E-state index in [1.54, 1.807) is 5.57 Å². The summed E-state index contributed by atoms with van der Waals surface area (Å²) in [4.78, 5) is 2.39. The van der Waals surface area contributed by atoms with E-state index >= 15 is 0 Å². The monoisotopic (exact) mass is 223 g/mol. The van der Waals surface area contributed by atoms with E-state index in [1.165, 1.54) is 24.9 Å². The molecule has 0 radical (unpaired) electrons. The second-order valence-electron chi connectivity index (χ2n) is 4.05. The summed E-state index contributed by atoms with van der Waals surface area (Å²) in [6.07, 6.45) is 4.89. The van der Waals surface area contributed by atoms with Gasteiger partial charge < -0.3 is 4.90 Å². The molecule has 1 heterocycles. The summed E-state index contributed by atoms with van der Waals surface area (Å²) in [5, 5.41) is 0. The molecule has 15 heavy (non-hydrogen) atoms. The number of benzene rings is 1. The molecule has 0 unspecified atom stereocenters. The number of piperidine rings is 1. The Kier molecular flexibility index (Phi) is 4.86. The van der Waals surface area contributed by atoms with Gasteiger partial charge in [-0.25, -0.2) is 0 Å². The Labute approximate surface area is 98.2 Å². The van der Waals surface area contributed by atoms with Crippen LogP contribution in [0.15, 0.2) is 35.9 Å². The summed E-state index contributed by atoms with van der Waals surface area (Å²) in [6, 6.07) is 10.6. The molecule has 0 N–H and O–H groups in total. The Balaban J connectivity index is 0.00000112. The van der Waals surface area contributed by atoms with Crippen molar-refractivity contribution in [3.63, 3.8) is 0 Å². The van der Waals surface area contributed by atoms with Crippen LogP contribution in [0.5, 0.6) is 0 Å². The predicted octanol–water partition coefficient (Wildman–Crippen LogP) is 3.22. The Morgan fingerprint density at radius 2 is 1.93 bits per heavy atom. The molecule has 0 saturated carbocycles. The van der Waals surface area contributed by atoms with E-state index in [0.29, 0.717) is 0 Å². The van der Waals surface area contributed by atoms with E-state index in [9.17, 15) is 0 Å². The zero-order chi connectivity index (χ0) is 9.80. The summed E-state index contributed by atoms with van der Waals surface area (Å²) in [7, 11) is 2.19. The molecule has 0 bridgehead atoms. The first-order chi connectivity index (χ1) is 6.84. The van der Waals surface area contributed by atoms with Gasteiger partial charge in [0.2, 0.25) is 0 Å². The van der Waals surface area contributed by atoms with Crippen molar-refractivity contribution >= 4 is 18.5 Å². The molecule has 0 amide bonds. The van der Waals surface area contributed by atoms with Crippen LogP contribution in [0.25, 0.3) is 6.08 Å². The highest BCUT2D eigenvalue weighted by molar-refractivity contribution is 5.85. The van der Waals surface area contributed by atoms with Crippen LogP contribution in [-0.4, -0.2) is 25.0 Å². The van der Waals surface area contributed by atoms with Crippen molar-refractivity contribution < 1.29 is 0 Å². The topological polar surface area (TPSA) is 3.24 Å². The summed E-state index contributed by atoms with van der Waals surface area (Å²) < 4.78 is 0. The fourth-order valence-electron chi connectivity index (χ4n) is 1.98. The molecule has 1 fully saturated rings. The first-order valence-electron chi connectivity index (χ1n) is 5.27. The van der Waals surface area contributed by atoms with Crippen molar-refractivity contribution in [3.8, 4) is 0 Å². The second kappa shape index (κ2) is 5.94. The molecule has 1 nitrogen and oxygen atoms in total. The van der Waals surface area contributed by atoms with Crippen molar-refractivity contribution in [2.24, 2.45) is 0 Å². The number of likely N-dealkylation sites (N-methyl/N-ethyl adjacent to an activating group) is 1. The second-order valence-corrected chi connectivity index (χ2v) is 4.05. The SMILES string of the molecule is CN1CCC/C(=C/c2ccccc2)C1.Cl. The molecule has 2 heteroatoms. The van der Waals surface area contributed by atoms with Crippen LogP contribution in [-0.2, 0) is 0 Å². The molecule has 2 rings (SSSR count). The third-order valence-corrected chi connectivity index (χ3v) is 2.68. The molecule has 0 aromatic heterocycles. The van der Waals surface area contributed by atoms with Gasteiger partial charge in [-0.2, -0.15) is 0 Å². The van der Waals surface area contributed by atoms with Crippen LogP contribution in [0.4, 0.5) is 0 Å². The van der Waals surface area contributed by atoms with Crippen molar-refractivity contribution in [3.05, 3.63) is 41.5 Å². The van der Waals surface area contributed by atoms with Crippen LogP contribution in [0, 0.1) is 0 Å². The number of rotatable bonds is 1. The van der Waals surface area contributed by atoms with Gasteiger partial charge in [-0.05, 0) is 32.0 Å². The third-order valence-electron chi connectivity index (χ3n) is 2.68. The normalized spacial score (nSPS) is 19.9. The van der Waals surface area contributed by atoms with Gasteiger partial charge in [0.1, 0.15) is 0 Å². The van der Waals surface area contributed by atoms with E-state index < -0.39 is 0 Å². The van der Waals surface area contributed by atoms with Crippen LogP contribution in [0.2, 0.25) is 0 Å². The molecule has 1 aromatic carbocycles. The molecular weight excluding hydrogens is 206 g/mol. The van der Waals surface area contributed by atoms with E-state index in [2.05, 4.69) is 48.4 Å². The lowest BCUT2D eigenvalue weighted by Crippen LogP contribution is -2.26. The minimum Gasteiger partial charge on any atom is -0.302 e. The van der Waals surface area contributed by atoms with Gasteiger partial charge in [-0.15, -0.1) is 12.4 Å². The first kappa shape index (κ1) is 12.3. The van der Waals surface area contributed by atoms with Crippen molar-refractivity contribution in [1.82, 2.24) is 4.90 Å². The number of nitrogens with zero attached hydrogens (tertiary/aromatic N) is 1. The minimum absolute atomic E-state index is 0. The molecule has 1 saturated heterocycles. The first-order valence-corrected chi connectivity index (χ1v) is 5.27. The van der Waals surface area contributed by atoms with Gasteiger partial charge in [0.05, 0.1) is 0 Å². The highest BCUT2D eigenvalue weighted by Crippen LogP contribution is 2.17. The largest absolute Gasteiger partial charge is 0.302 e. The lowest BCUT2D eigenvalue weighted by atomic mass is 10.0. The van der Waals surface area contributed by atoms with Gasteiger partial charge in [0.25, 0.3) is 0 Å². The molecule has 1 aliphatic rings. The third kappa shape index (κ3) is 3.69. The van der Waals surface area contributed by atoms with Gasteiger partial charge in [-0.1, -0.05) is 42.0 Å². The zero-order valence-electron chi connectivity index (χ0n) is 9.15. The van der Waals surface area contributed by atoms with Crippen molar-refractivity contribution in [2.45, 2.75) is 12.8 Å². The number of halogens is 1. The standard InChI is InChI=1S/C13H17N.ClH/c1-14-9-5-8-13(11-14)10-12-6-3-2-4-7-12;/h2-4,6-7,10H,5,8-9,11H2,1H3;1H/b13-10-;. The summed E-state index contributed by atoms with van der Waals surface area (Å²) in [5.41, 5.74) is 2.89. The highest BCUT2D eigenvalue weighted by atomic mass is 35.5. The maximum atomic E-state index is 2.39. The van der Waals surface area contributed by atoms with E-state index in [4.69, 9.17) is 0 Å². The fourth-order valence-corrected chi connectivity index (χ4v) is 1.98. The van der Waals surface area contributed by atoms with Gasteiger partial charge in [0, 0.05) is 6.54 Å². The van der Waals surface area contributed by atoms with E-state index in [1.807, 2.05) is 0 Å². The van der Waals surface area contributed by atoms with Gasteiger partial charge in [0.15, 0.2) is 0 Å². The number of hydrogen-bond acceptors (Lipinski definition) is 1. The minimum atomic E-state index is 0. The predicted molar refractivity (Wildman–Crippen MR) is 68.4 cm³/mol. The average molecular weight is 224 g/mol. The smallest absolute Gasteiger partial charge is 0.0193 e. The van der Waals surface area contributed by atoms with Crippen LogP contribution >= 0.6 is 12.4 Å². The molecule has 1 aromatic rings. The maximum absolute atomic E-state index is 2.39. The summed E-state index contributed by atoms with van der Waals surface area (Å²) in [6.45, 7) is 2.38. The molecule has 82 valence electrons. The van der Waals surface area contributed by atoms with Crippen LogP contribution in [0.1, 0.15) is 18.4 Å². The van der Waals surface area contributed by atoms with E-state index in [0.717, 1.165) is 6.54 Å². The average Bonchev–Trinajstić information content (AvgIpc) is 2.19. The Morgan fingerprint density at radius 1 is 1.20 bits per heavy atom. The fraction of sp³-hybridized carbons (Fsp3) is 0.385. The zero-order valence-corrected chi connectivity index (χ0v) is 9.96. The summed E-state index contributed by atoms with van der Waals surface area (Å²) >= 11 is 0. The summed E-state index contributed by atoms with van der Waals surface area (Å²) in [5.74, 6) is 0. The molecule has 0 atom stereocenters. The highest BCUT2D eigenvalue weighted by Gasteiger charge is 2.09.